The molecule has 35 heavy (non-hydrogen) atoms. The van der Waals surface area contributed by atoms with Crippen molar-refractivity contribution in [2.24, 2.45) is 0 Å². The van der Waals surface area contributed by atoms with Crippen molar-refractivity contribution < 1.29 is 27.9 Å². The van der Waals surface area contributed by atoms with E-state index in [0.29, 0.717) is 30.6 Å². The van der Waals surface area contributed by atoms with Crippen LogP contribution in [0.25, 0.3) is 0 Å². The second-order valence-corrected chi connectivity index (χ2v) is 9.43. The second kappa shape index (κ2) is 9.99. The molecule has 6 nitrogen and oxygen atoms in total. The van der Waals surface area contributed by atoms with Gasteiger partial charge in [0.25, 0.3) is 5.91 Å². The van der Waals surface area contributed by atoms with Crippen LogP contribution in [-0.2, 0) is 17.4 Å². The number of rotatable bonds is 7. The summed E-state index contributed by atoms with van der Waals surface area (Å²) >= 11 is 0. The Labute approximate surface area is 202 Å². The number of likely N-dealkylation sites (tertiary alicyclic amines) is 1. The van der Waals surface area contributed by atoms with Crippen molar-refractivity contribution in [2.75, 3.05) is 31.6 Å². The molecule has 2 N–H and O–H groups in total. The fourth-order valence-corrected chi connectivity index (χ4v) is 5.08. The summed E-state index contributed by atoms with van der Waals surface area (Å²) in [5.74, 6) is -0.303. The fraction of sp³-hybridized carbons (Fsp3) is 0.462. The van der Waals surface area contributed by atoms with E-state index in [1.54, 1.807) is 36.2 Å². The Bertz CT molecular complexity index is 1100. The number of amides is 2. The van der Waals surface area contributed by atoms with E-state index in [1.165, 1.54) is 12.1 Å². The van der Waals surface area contributed by atoms with Crippen LogP contribution in [-0.4, -0.2) is 60.6 Å². The maximum atomic E-state index is 13.1. The molecule has 1 fully saturated rings. The SMILES string of the molecule is CC1C(c2cccc(C(F)(F)F)c2)CCN1C[C@H](O)CCNC(=O)c1ccc2c(c1)CC(=O)N2C. The maximum Gasteiger partial charge on any atom is 0.416 e. The van der Waals surface area contributed by atoms with E-state index >= 15 is 0 Å². The molecule has 0 saturated carbocycles. The first-order valence-corrected chi connectivity index (χ1v) is 11.8. The van der Waals surface area contributed by atoms with Crippen molar-refractivity contribution in [2.45, 2.75) is 50.4 Å². The summed E-state index contributed by atoms with van der Waals surface area (Å²) < 4.78 is 39.3. The number of carbonyl (C=O) groups is 2. The number of β-amino-alcohol motifs (C(OH)–C–C–N with tert-alkyl or cyclic N) is 1. The van der Waals surface area contributed by atoms with Crippen LogP contribution in [0.1, 0.15) is 52.7 Å². The summed E-state index contributed by atoms with van der Waals surface area (Å²) in [5.41, 5.74) is 2.13. The second-order valence-electron chi connectivity index (χ2n) is 9.43. The fourth-order valence-electron chi connectivity index (χ4n) is 5.08. The Hall–Kier alpha value is -2.91. The number of fused-ring (bicyclic) bond motifs is 1. The van der Waals surface area contributed by atoms with Gasteiger partial charge in [0.2, 0.25) is 5.91 Å². The number of benzene rings is 2. The molecule has 0 radical (unpaired) electrons. The lowest BCUT2D eigenvalue weighted by Gasteiger charge is -2.27. The highest BCUT2D eigenvalue weighted by Crippen LogP contribution is 2.37. The summed E-state index contributed by atoms with van der Waals surface area (Å²) in [6.07, 6.45) is -3.69. The lowest BCUT2D eigenvalue weighted by atomic mass is 9.91. The summed E-state index contributed by atoms with van der Waals surface area (Å²) in [6.45, 7) is 3.34. The van der Waals surface area contributed by atoms with Crippen LogP contribution in [0.4, 0.5) is 18.9 Å². The van der Waals surface area contributed by atoms with Crippen molar-refractivity contribution in [3.63, 3.8) is 0 Å². The summed E-state index contributed by atoms with van der Waals surface area (Å²) in [5, 5.41) is 13.3. The lowest BCUT2D eigenvalue weighted by Crippen LogP contribution is -2.38. The molecule has 2 heterocycles. The Morgan fingerprint density at radius 1 is 1.23 bits per heavy atom. The third-order valence-corrected chi connectivity index (χ3v) is 7.15. The van der Waals surface area contributed by atoms with Gasteiger partial charge in [0.05, 0.1) is 18.1 Å². The minimum absolute atomic E-state index is 0.00465. The molecule has 2 aliphatic rings. The molecule has 4 rings (SSSR count). The quantitative estimate of drug-likeness (QED) is 0.624. The van der Waals surface area contributed by atoms with Crippen LogP contribution in [0, 0.1) is 0 Å². The van der Waals surface area contributed by atoms with Crippen molar-refractivity contribution in [1.82, 2.24) is 10.2 Å². The number of hydrogen-bond acceptors (Lipinski definition) is 4. The summed E-state index contributed by atoms with van der Waals surface area (Å²) in [7, 11) is 1.71. The van der Waals surface area contributed by atoms with Gasteiger partial charge in [0.15, 0.2) is 0 Å². The molecule has 0 aliphatic carbocycles. The number of hydrogen-bond donors (Lipinski definition) is 2. The van der Waals surface area contributed by atoms with Gasteiger partial charge < -0.3 is 15.3 Å². The molecule has 188 valence electrons. The maximum absolute atomic E-state index is 13.1. The third kappa shape index (κ3) is 5.51. The van der Waals surface area contributed by atoms with Gasteiger partial charge in [-0.1, -0.05) is 18.2 Å². The minimum Gasteiger partial charge on any atom is -0.392 e. The number of anilines is 1. The Balaban J connectivity index is 1.26. The van der Waals surface area contributed by atoms with Gasteiger partial charge in [0.1, 0.15) is 0 Å². The van der Waals surface area contributed by atoms with Gasteiger partial charge in [-0.15, -0.1) is 0 Å². The van der Waals surface area contributed by atoms with E-state index in [1.807, 2.05) is 6.92 Å². The normalized spacial score (nSPS) is 21.3. The molecule has 0 aromatic heterocycles. The van der Waals surface area contributed by atoms with E-state index in [9.17, 15) is 27.9 Å². The predicted molar refractivity (Wildman–Crippen MR) is 126 cm³/mol. The monoisotopic (exact) mass is 489 g/mol. The molecule has 0 bridgehead atoms. The van der Waals surface area contributed by atoms with Crippen LogP contribution < -0.4 is 10.2 Å². The molecule has 2 aliphatic heterocycles. The molecule has 9 heteroatoms. The van der Waals surface area contributed by atoms with Gasteiger partial charge in [0, 0.05) is 43.3 Å². The van der Waals surface area contributed by atoms with Crippen LogP contribution in [0.15, 0.2) is 42.5 Å². The molecular weight excluding hydrogens is 459 g/mol. The molecule has 2 unspecified atom stereocenters. The van der Waals surface area contributed by atoms with E-state index < -0.39 is 17.8 Å². The number of nitrogens with one attached hydrogen (secondary N) is 1. The lowest BCUT2D eigenvalue weighted by molar-refractivity contribution is -0.137. The topological polar surface area (TPSA) is 72.9 Å². The number of likely N-dealkylation sites (N-methyl/N-ethyl adjacent to an activating group) is 1. The minimum atomic E-state index is -4.37. The first kappa shape index (κ1) is 25.2. The largest absolute Gasteiger partial charge is 0.416 e. The first-order valence-electron chi connectivity index (χ1n) is 11.8. The summed E-state index contributed by atoms with van der Waals surface area (Å²) in [4.78, 5) is 28.0. The van der Waals surface area contributed by atoms with Gasteiger partial charge in [-0.3, -0.25) is 14.5 Å². The number of aliphatic hydroxyl groups excluding tert-OH is 1. The van der Waals surface area contributed by atoms with E-state index in [-0.39, 0.29) is 36.7 Å². The smallest absolute Gasteiger partial charge is 0.392 e. The van der Waals surface area contributed by atoms with Gasteiger partial charge in [-0.2, -0.15) is 13.2 Å². The van der Waals surface area contributed by atoms with E-state index in [2.05, 4.69) is 10.2 Å². The zero-order chi connectivity index (χ0) is 25.3. The van der Waals surface area contributed by atoms with E-state index in [4.69, 9.17) is 0 Å². The highest BCUT2D eigenvalue weighted by molar-refractivity contribution is 6.03. The Morgan fingerprint density at radius 2 is 2.00 bits per heavy atom. The number of carbonyl (C=O) groups excluding carboxylic acids is 2. The van der Waals surface area contributed by atoms with Crippen molar-refractivity contribution in [3.05, 3.63) is 64.7 Å². The average molecular weight is 490 g/mol. The summed E-state index contributed by atoms with van der Waals surface area (Å²) in [6, 6.07) is 10.7. The molecule has 1 saturated heterocycles. The van der Waals surface area contributed by atoms with Crippen molar-refractivity contribution >= 4 is 17.5 Å². The van der Waals surface area contributed by atoms with E-state index in [0.717, 1.165) is 23.7 Å². The molecule has 2 amide bonds. The van der Waals surface area contributed by atoms with Crippen LogP contribution >= 0.6 is 0 Å². The molecule has 2 aromatic carbocycles. The predicted octanol–water partition coefficient (Wildman–Crippen LogP) is 3.58. The molecular formula is C26H30F3N3O3. The number of halogens is 3. The average Bonchev–Trinajstić information content (AvgIpc) is 3.31. The Morgan fingerprint density at radius 3 is 2.74 bits per heavy atom. The molecule has 3 atom stereocenters. The highest BCUT2D eigenvalue weighted by Gasteiger charge is 2.35. The van der Waals surface area contributed by atoms with Crippen LogP contribution in [0.5, 0.6) is 0 Å². The standard InChI is InChI=1S/C26H30F3N3O3/c1-16-22(17-4-3-5-20(13-17)26(27,28)29)9-11-32(16)15-21(33)8-10-30-25(35)18-6-7-23-19(12-18)14-24(34)31(23)2/h3-7,12-13,16,21-22,33H,8-11,14-15H2,1-2H3,(H,30,35)/t16?,21-,22?/m1/s1. The zero-order valence-corrected chi connectivity index (χ0v) is 19.8. The van der Waals surface area contributed by atoms with Gasteiger partial charge in [-0.05, 0) is 61.7 Å². The van der Waals surface area contributed by atoms with Crippen LogP contribution in [0.3, 0.4) is 0 Å². The number of alkyl halides is 3. The molecule has 2 aromatic rings. The number of nitrogens with zero attached hydrogens (tertiary/aromatic N) is 2. The van der Waals surface area contributed by atoms with Gasteiger partial charge >= 0.3 is 6.18 Å². The van der Waals surface area contributed by atoms with Gasteiger partial charge in [-0.25, -0.2) is 0 Å². The molecule has 0 spiro atoms. The van der Waals surface area contributed by atoms with Crippen LogP contribution in [0.2, 0.25) is 0 Å². The van der Waals surface area contributed by atoms with Crippen molar-refractivity contribution in [3.8, 4) is 0 Å². The third-order valence-electron chi connectivity index (χ3n) is 7.15. The Kier molecular flexibility index (Phi) is 7.19. The zero-order valence-electron chi connectivity index (χ0n) is 19.8. The van der Waals surface area contributed by atoms with Crippen molar-refractivity contribution in [1.29, 1.82) is 0 Å². The first-order chi connectivity index (χ1) is 16.5. The number of aliphatic hydroxyl groups is 1. The highest BCUT2D eigenvalue weighted by atomic mass is 19.4.